The van der Waals surface area contributed by atoms with Crippen molar-refractivity contribution in [2.24, 2.45) is 4.99 Å². The van der Waals surface area contributed by atoms with Crippen LogP contribution in [0.15, 0.2) is 52.7 Å². The Bertz CT molecular complexity index is 1290. The molecule has 4 rings (SSSR count). The van der Waals surface area contributed by atoms with E-state index >= 15 is 0 Å². The van der Waals surface area contributed by atoms with Crippen molar-refractivity contribution in [3.63, 3.8) is 0 Å². The molecule has 2 atom stereocenters. The van der Waals surface area contributed by atoms with Crippen molar-refractivity contribution in [3.8, 4) is 28.6 Å². The number of methoxy groups -OCH3 is 1. The third-order valence-electron chi connectivity index (χ3n) is 4.85. The number of benzene rings is 1. The minimum atomic E-state index is -3.45. The van der Waals surface area contributed by atoms with Crippen LogP contribution in [0, 0.1) is 0 Å². The summed E-state index contributed by atoms with van der Waals surface area (Å²) >= 11 is 0. The molecule has 0 bridgehead atoms. The first kappa shape index (κ1) is 23.7. The van der Waals surface area contributed by atoms with Gasteiger partial charge in [-0.1, -0.05) is 0 Å². The van der Waals surface area contributed by atoms with Crippen LogP contribution in [0.25, 0.3) is 11.3 Å². The van der Waals surface area contributed by atoms with E-state index in [0.29, 0.717) is 30.6 Å². The minimum Gasteiger partial charge on any atom is -0.488 e. The van der Waals surface area contributed by atoms with E-state index in [-0.39, 0.29) is 23.1 Å². The van der Waals surface area contributed by atoms with Crippen LogP contribution >= 0.6 is 0 Å². The van der Waals surface area contributed by atoms with Crippen LogP contribution in [0.2, 0.25) is 0 Å². The van der Waals surface area contributed by atoms with Gasteiger partial charge in [0.2, 0.25) is 11.8 Å². The van der Waals surface area contributed by atoms with Crippen LogP contribution in [0.3, 0.4) is 0 Å². The molecule has 34 heavy (non-hydrogen) atoms. The number of rotatable bonds is 9. The first-order chi connectivity index (χ1) is 16.2. The Morgan fingerprint density at radius 3 is 2.56 bits per heavy atom. The second-order valence-corrected chi connectivity index (χ2v) is 9.99. The first-order valence-corrected chi connectivity index (χ1v) is 12.5. The third-order valence-corrected chi connectivity index (χ3v) is 5.82. The maximum atomic E-state index is 11.6. The molecule has 3 heterocycles. The molecule has 0 unspecified atom stereocenters. The molecule has 1 aromatic carbocycles. The topological polar surface area (TPSA) is 125 Å². The lowest BCUT2D eigenvalue weighted by Crippen LogP contribution is -2.17. The second-order valence-electron chi connectivity index (χ2n) is 8.02. The maximum absolute atomic E-state index is 11.6. The monoisotopic (exact) mass is 486 g/mol. The van der Waals surface area contributed by atoms with Crippen molar-refractivity contribution in [1.82, 2.24) is 15.0 Å². The predicted octanol–water partition coefficient (Wildman–Crippen LogP) is 3.25. The Balaban J connectivity index is 1.64. The highest BCUT2D eigenvalue weighted by Gasteiger charge is 2.18. The summed E-state index contributed by atoms with van der Waals surface area (Å²) in [6.07, 6.45) is 3.30. The molecule has 1 aliphatic heterocycles. The van der Waals surface area contributed by atoms with Crippen LogP contribution in [0.5, 0.6) is 17.4 Å². The molecule has 0 saturated heterocycles. The average molecular weight is 487 g/mol. The molecule has 3 aromatic rings. The number of nitrogens with one attached hydrogen (secondary N) is 1. The predicted molar refractivity (Wildman–Crippen MR) is 125 cm³/mol. The normalized spacial score (nSPS) is 16.6. The number of ether oxygens (including phenoxy) is 4. The highest BCUT2D eigenvalue weighted by Crippen LogP contribution is 2.32. The van der Waals surface area contributed by atoms with E-state index in [4.69, 9.17) is 18.9 Å². The molecule has 0 fully saturated rings. The van der Waals surface area contributed by atoms with Gasteiger partial charge in [-0.25, -0.2) is 23.4 Å². The third kappa shape index (κ3) is 5.72. The molecule has 1 aliphatic rings. The summed E-state index contributed by atoms with van der Waals surface area (Å²) in [7, 11) is -1.84. The zero-order valence-electron chi connectivity index (χ0n) is 19.3. The Morgan fingerprint density at radius 1 is 1.15 bits per heavy atom. The van der Waals surface area contributed by atoms with Crippen molar-refractivity contribution in [1.29, 1.82) is 0 Å². The molecule has 0 aliphatic carbocycles. The molecule has 180 valence electrons. The number of nitrogens with zero attached hydrogens (tertiary/aromatic N) is 3. The average Bonchev–Trinajstić information content (AvgIpc) is 3.43. The van der Waals surface area contributed by atoms with Crippen molar-refractivity contribution >= 4 is 15.7 Å². The Labute approximate surface area is 197 Å². The zero-order chi connectivity index (χ0) is 24.3. The van der Waals surface area contributed by atoms with Crippen molar-refractivity contribution < 1.29 is 27.4 Å². The van der Waals surface area contributed by atoms with Gasteiger partial charge in [-0.15, -0.1) is 0 Å². The quantitative estimate of drug-likeness (QED) is 0.489. The van der Waals surface area contributed by atoms with Gasteiger partial charge >= 0.3 is 0 Å². The smallest absolute Gasteiger partial charge is 0.237 e. The number of sulfone groups is 1. The summed E-state index contributed by atoms with van der Waals surface area (Å²) in [6, 6.07) is 9.37. The largest absolute Gasteiger partial charge is 0.488 e. The van der Waals surface area contributed by atoms with E-state index in [9.17, 15) is 8.42 Å². The second kappa shape index (κ2) is 9.82. The van der Waals surface area contributed by atoms with Gasteiger partial charge in [0.25, 0.3) is 0 Å². The molecule has 0 amide bonds. The molecule has 0 radical (unpaired) electrons. The summed E-state index contributed by atoms with van der Waals surface area (Å²) < 4.78 is 45.9. The summed E-state index contributed by atoms with van der Waals surface area (Å²) in [5, 5.41) is -0.128. The fraction of sp³-hybridized carbons (Fsp3) is 0.348. The molecule has 11 heteroatoms. The van der Waals surface area contributed by atoms with Gasteiger partial charge in [0.05, 0.1) is 25.0 Å². The number of hydrogen-bond donors (Lipinski definition) is 1. The van der Waals surface area contributed by atoms with Crippen LogP contribution in [-0.2, 0) is 19.3 Å². The van der Waals surface area contributed by atoms with Crippen LogP contribution in [0.4, 0.5) is 0 Å². The Kier molecular flexibility index (Phi) is 6.85. The summed E-state index contributed by atoms with van der Waals surface area (Å²) in [6.45, 7) is 4.87. The van der Waals surface area contributed by atoms with Gasteiger partial charge in [-0.2, -0.15) is 0 Å². The fourth-order valence-corrected chi connectivity index (χ4v) is 3.82. The standard InChI is InChI=1S/C23H26N4O6S/c1-14-12-31-23(26-14)20-6-5-19(27-20)16-7-17(32-15(2)13-30-3)9-18(8-16)33-21-10-25-22(11-24-21)34(4,28)29/h5-11,14-15,27H,12-13H2,1-4H3/t14-,15+/m1/s1. The van der Waals surface area contributed by atoms with Gasteiger partial charge in [-0.05, 0) is 38.1 Å². The maximum Gasteiger partial charge on any atom is 0.237 e. The van der Waals surface area contributed by atoms with E-state index in [1.807, 2.05) is 38.1 Å². The zero-order valence-corrected chi connectivity index (χ0v) is 20.1. The molecule has 0 saturated carbocycles. The van der Waals surface area contributed by atoms with Crippen LogP contribution in [-0.4, -0.2) is 68.0 Å². The van der Waals surface area contributed by atoms with E-state index < -0.39 is 9.84 Å². The molecule has 10 nitrogen and oxygen atoms in total. The van der Waals surface area contributed by atoms with Gasteiger partial charge in [-0.3, -0.25) is 0 Å². The molecule has 1 N–H and O–H groups in total. The molecular weight excluding hydrogens is 460 g/mol. The fourth-order valence-electron chi connectivity index (χ4n) is 3.33. The highest BCUT2D eigenvalue weighted by atomic mass is 32.2. The lowest BCUT2D eigenvalue weighted by Gasteiger charge is -2.16. The molecule has 2 aromatic heterocycles. The number of aromatic amines is 1. The SMILES string of the molecule is COC[C@H](C)Oc1cc(Oc2cnc(S(C)(=O)=O)cn2)cc(-c2ccc(C3=N[C@H](C)CO3)[nH]2)c1. The lowest BCUT2D eigenvalue weighted by atomic mass is 10.1. The lowest BCUT2D eigenvalue weighted by molar-refractivity contribution is 0.0920. The highest BCUT2D eigenvalue weighted by molar-refractivity contribution is 7.90. The Morgan fingerprint density at radius 2 is 1.91 bits per heavy atom. The summed E-state index contributed by atoms with van der Waals surface area (Å²) in [5.74, 6) is 1.74. The summed E-state index contributed by atoms with van der Waals surface area (Å²) in [4.78, 5) is 15.8. The number of aliphatic imine (C=N–C) groups is 1. The first-order valence-electron chi connectivity index (χ1n) is 10.6. The summed E-state index contributed by atoms with van der Waals surface area (Å²) in [5.41, 5.74) is 2.40. The molecule has 0 spiro atoms. The van der Waals surface area contributed by atoms with E-state index in [1.54, 1.807) is 13.2 Å². The van der Waals surface area contributed by atoms with E-state index in [0.717, 1.165) is 29.4 Å². The number of H-pyrrole nitrogens is 1. The molecular formula is C23H26N4O6S. The van der Waals surface area contributed by atoms with Gasteiger partial charge < -0.3 is 23.9 Å². The van der Waals surface area contributed by atoms with Crippen molar-refractivity contribution in [2.45, 2.75) is 31.0 Å². The van der Waals surface area contributed by atoms with Gasteiger partial charge in [0.15, 0.2) is 14.9 Å². The Hall–Kier alpha value is -3.44. The minimum absolute atomic E-state index is 0.121. The van der Waals surface area contributed by atoms with Crippen LogP contribution in [0.1, 0.15) is 19.5 Å². The van der Waals surface area contributed by atoms with Crippen molar-refractivity contribution in [3.05, 3.63) is 48.4 Å². The van der Waals surface area contributed by atoms with E-state index in [1.165, 1.54) is 6.20 Å². The number of aromatic nitrogens is 3. The number of hydrogen-bond acceptors (Lipinski definition) is 9. The van der Waals surface area contributed by atoms with Crippen LogP contribution < -0.4 is 9.47 Å². The van der Waals surface area contributed by atoms with Gasteiger partial charge in [0, 0.05) is 30.7 Å². The van der Waals surface area contributed by atoms with Gasteiger partial charge in [0.1, 0.15) is 29.9 Å². The van der Waals surface area contributed by atoms with Crippen molar-refractivity contribution in [2.75, 3.05) is 26.6 Å². The van der Waals surface area contributed by atoms with E-state index in [2.05, 4.69) is 19.9 Å².